The summed E-state index contributed by atoms with van der Waals surface area (Å²) in [7, 11) is 4.67. The number of esters is 1. The maximum Gasteiger partial charge on any atom is 0.311 e. The fourth-order valence-electron chi connectivity index (χ4n) is 8.80. The van der Waals surface area contributed by atoms with Crippen LogP contribution in [0.5, 0.6) is 11.5 Å². The fourth-order valence-corrected chi connectivity index (χ4v) is 11.0. The van der Waals surface area contributed by atoms with Crippen molar-refractivity contribution in [2.24, 2.45) is 17.8 Å². The Bertz CT molecular complexity index is 1740. The van der Waals surface area contributed by atoms with Crippen LogP contribution in [0.2, 0.25) is 10.0 Å². The minimum atomic E-state index is -0.779. The van der Waals surface area contributed by atoms with E-state index in [9.17, 15) is 4.79 Å². The highest BCUT2D eigenvalue weighted by Gasteiger charge is 2.70. The molecule has 3 aliphatic heterocycles. The van der Waals surface area contributed by atoms with Gasteiger partial charge in [0.2, 0.25) is 5.91 Å². The molecule has 4 aliphatic rings. The summed E-state index contributed by atoms with van der Waals surface area (Å²) in [6.45, 7) is 2.26. The molecule has 1 aliphatic carbocycles. The molecule has 6 atom stereocenters. The van der Waals surface area contributed by atoms with Crippen LogP contribution in [0, 0.1) is 17.8 Å². The molecular weight excluding hydrogens is 766 g/mol. The summed E-state index contributed by atoms with van der Waals surface area (Å²) in [6, 6.07) is 19.3. The number of carbonyl (C=O) groups excluding carboxylic acids is 2. The maximum absolute atomic E-state index is 15.0. The average molecular weight is 806 g/mol. The van der Waals surface area contributed by atoms with E-state index in [1.54, 1.807) is 26.4 Å². The van der Waals surface area contributed by atoms with Crippen LogP contribution < -0.4 is 14.4 Å². The number of ether oxygens (including phenoxy) is 4. The third kappa shape index (κ3) is 5.39. The zero-order chi connectivity index (χ0) is 33.8. The zero-order valence-corrected chi connectivity index (χ0v) is 30.9. The number of methoxy groups -OCH3 is 3. The van der Waals surface area contributed by atoms with Crippen LogP contribution in [0.25, 0.3) is 0 Å². The third-order valence-corrected chi connectivity index (χ3v) is 13.9. The van der Waals surface area contributed by atoms with Gasteiger partial charge in [-0.2, -0.15) is 0 Å². The van der Waals surface area contributed by atoms with Crippen molar-refractivity contribution in [1.82, 2.24) is 4.90 Å². The molecule has 0 N–H and O–H groups in total. The second-order valence-electron chi connectivity index (χ2n) is 13.3. The Kier molecular flexibility index (Phi) is 9.38. The molecule has 1 amide bonds. The molecule has 3 heterocycles. The van der Waals surface area contributed by atoms with Crippen molar-refractivity contribution >= 4 is 63.4 Å². The van der Waals surface area contributed by atoms with Gasteiger partial charge in [0.1, 0.15) is 16.9 Å². The van der Waals surface area contributed by atoms with Crippen molar-refractivity contribution < 1.29 is 28.5 Å². The van der Waals surface area contributed by atoms with Gasteiger partial charge in [0, 0.05) is 28.8 Å². The van der Waals surface area contributed by atoms with Crippen molar-refractivity contribution in [2.75, 3.05) is 39.3 Å². The molecule has 3 aromatic carbocycles. The monoisotopic (exact) mass is 804 g/mol. The second kappa shape index (κ2) is 13.3. The Morgan fingerprint density at radius 1 is 0.958 bits per heavy atom. The number of anilines is 1. The zero-order valence-electron chi connectivity index (χ0n) is 27.2. The second-order valence-corrected chi connectivity index (χ2v) is 15.9. The third-order valence-electron chi connectivity index (χ3n) is 11.2. The quantitative estimate of drug-likeness (QED) is 0.102. The smallest absolute Gasteiger partial charge is 0.311 e. The Balaban J connectivity index is 1.20. The molecule has 0 radical (unpaired) electrons. The lowest BCUT2D eigenvalue weighted by Gasteiger charge is -2.55. The minimum Gasteiger partial charge on any atom is -0.497 e. The van der Waals surface area contributed by atoms with Crippen LogP contribution >= 0.6 is 45.8 Å². The summed E-state index contributed by atoms with van der Waals surface area (Å²) in [5.41, 5.74) is 2.87. The molecule has 0 bridgehead atoms. The van der Waals surface area contributed by atoms with Crippen LogP contribution in [0.1, 0.15) is 42.4 Å². The first-order valence-corrected chi connectivity index (χ1v) is 18.2. The van der Waals surface area contributed by atoms with E-state index in [1.165, 1.54) is 7.11 Å². The summed E-state index contributed by atoms with van der Waals surface area (Å²) in [5, 5.41) is 1.12. The summed E-state index contributed by atoms with van der Waals surface area (Å²) in [5.74, 6) is 0.981. The van der Waals surface area contributed by atoms with Crippen LogP contribution in [-0.2, 0) is 37.6 Å². The molecule has 1 saturated carbocycles. The van der Waals surface area contributed by atoms with Crippen molar-refractivity contribution in [3.05, 3.63) is 87.4 Å². The van der Waals surface area contributed by atoms with Crippen molar-refractivity contribution in [3.8, 4) is 11.5 Å². The summed E-state index contributed by atoms with van der Waals surface area (Å²) >= 11 is 15.8. The summed E-state index contributed by atoms with van der Waals surface area (Å²) < 4.78 is 22.1. The molecule has 7 rings (SSSR count). The van der Waals surface area contributed by atoms with E-state index < -0.39 is 14.9 Å². The van der Waals surface area contributed by atoms with Gasteiger partial charge in [-0.05, 0) is 84.5 Å². The molecule has 11 heteroatoms. The Labute approximate surface area is 305 Å². The molecule has 0 aromatic heterocycles. The lowest BCUT2D eigenvalue weighted by Crippen LogP contribution is -2.63. The number of fused-ring (bicyclic) bond motifs is 5. The van der Waals surface area contributed by atoms with E-state index in [4.69, 9.17) is 42.1 Å². The first-order valence-electron chi connectivity index (χ1n) is 16.3. The number of rotatable bonds is 8. The number of alkyl halides is 1. The number of halogens is 3. The predicted molar refractivity (Wildman–Crippen MR) is 193 cm³/mol. The SMILES string of the molecule is COC(=O)[C@@H]1[C@H]2C[C@]3(I)N(CC[C@@]34C(=O)N(Cc3ccc(OC)cc3Cl)c3ccccc34)C[C@@H]2CC[C@@H]1OCc1ccc(OC)cc1Cl. The van der Waals surface area contributed by atoms with Gasteiger partial charge >= 0.3 is 5.97 Å². The largest absolute Gasteiger partial charge is 0.497 e. The van der Waals surface area contributed by atoms with Gasteiger partial charge in [0.25, 0.3) is 0 Å². The molecule has 254 valence electrons. The van der Waals surface area contributed by atoms with Gasteiger partial charge in [-0.15, -0.1) is 0 Å². The van der Waals surface area contributed by atoms with Crippen molar-refractivity contribution in [2.45, 2.75) is 53.9 Å². The number of piperidine rings is 1. The highest BCUT2D eigenvalue weighted by molar-refractivity contribution is 14.1. The molecule has 2 saturated heterocycles. The molecule has 3 fully saturated rings. The topological polar surface area (TPSA) is 77.5 Å². The predicted octanol–water partition coefficient (Wildman–Crippen LogP) is 7.44. The van der Waals surface area contributed by atoms with E-state index in [2.05, 4.69) is 33.6 Å². The molecule has 3 aromatic rings. The van der Waals surface area contributed by atoms with Crippen LogP contribution in [0.15, 0.2) is 60.7 Å². The van der Waals surface area contributed by atoms with E-state index in [0.717, 1.165) is 48.3 Å². The summed E-state index contributed by atoms with van der Waals surface area (Å²) in [4.78, 5) is 33.1. The number of hydrogen-bond acceptors (Lipinski definition) is 7. The van der Waals surface area contributed by atoms with Crippen LogP contribution in [0.4, 0.5) is 5.69 Å². The lowest BCUT2D eigenvalue weighted by atomic mass is 9.62. The Morgan fingerprint density at radius 3 is 2.31 bits per heavy atom. The number of amides is 1. The molecule has 48 heavy (non-hydrogen) atoms. The van der Waals surface area contributed by atoms with E-state index >= 15 is 4.79 Å². The van der Waals surface area contributed by atoms with E-state index in [1.807, 2.05) is 47.4 Å². The van der Waals surface area contributed by atoms with Crippen LogP contribution in [0.3, 0.4) is 0 Å². The van der Waals surface area contributed by atoms with Gasteiger partial charge in [0.15, 0.2) is 0 Å². The van der Waals surface area contributed by atoms with Gasteiger partial charge in [0.05, 0.1) is 50.0 Å². The summed E-state index contributed by atoms with van der Waals surface area (Å²) in [6.07, 6.45) is 2.72. The molecular formula is C37H39Cl2IN2O6. The average Bonchev–Trinajstić information content (AvgIpc) is 3.53. The number of nitrogens with zero attached hydrogens (tertiary/aromatic N) is 2. The number of carbonyl (C=O) groups is 2. The first kappa shape index (κ1) is 33.9. The Morgan fingerprint density at radius 2 is 1.65 bits per heavy atom. The molecule has 0 unspecified atom stereocenters. The van der Waals surface area contributed by atoms with Gasteiger partial charge in [-0.3, -0.25) is 14.5 Å². The van der Waals surface area contributed by atoms with E-state index in [0.29, 0.717) is 40.9 Å². The molecule has 8 nitrogen and oxygen atoms in total. The number of hydrogen-bond donors (Lipinski definition) is 0. The lowest BCUT2D eigenvalue weighted by molar-refractivity contribution is -0.165. The van der Waals surface area contributed by atoms with Crippen molar-refractivity contribution in [3.63, 3.8) is 0 Å². The highest BCUT2D eigenvalue weighted by atomic mass is 127. The van der Waals surface area contributed by atoms with Crippen LogP contribution in [-0.4, -0.2) is 60.8 Å². The van der Waals surface area contributed by atoms with Crippen molar-refractivity contribution in [1.29, 1.82) is 0 Å². The fraction of sp³-hybridized carbons (Fsp3) is 0.459. The standard InChI is InChI=1S/C37H39Cl2IN2O6/c1-45-25-11-8-23(29(38)16-25)20-42-31-7-5-4-6-28(31)36(35(42)44)14-15-41-19-22-10-13-32(33(34(43)47-3)27(22)18-37(36,41)40)48-21-24-9-12-26(46-2)17-30(24)39/h4-9,11-12,16-17,22,27,32-33H,10,13-15,18-21H2,1-3H3/t22-,27-,32-,33+,36+,37-/m0/s1. The van der Waals surface area contributed by atoms with Gasteiger partial charge in [-0.25, -0.2) is 0 Å². The number of benzene rings is 3. The van der Waals surface area contributed by atoms with E-state index in [-0.39, 0.29) is 36.4 Å². The van der Waals surface area contributed by atoms with Gasteiger partial charge < -0.3 is 23.8 Å². The highest BCUT2D eigenvalue weighted by Crippen LogP contribution is 2.64. The Hall–Kier alpha value is -2.57. The molecule has 1 spiro atoms. The maximum atomic E-state index is 15.0. The minimum absolute atomic E-state index is 0.0179. The number of para-hydroxylation sites is 1. The van der Waals surface area contributed by atoms with Gasteiger partial charge in [-0.1, -0.05) is 76.1 Å². The first-order chi connectivity index (χ1) is 23.1. The normalized spacial score (nSPS) is 29.4.